The summed E-state index contributed by atoms with van der Waals surface area (Å²) in [6.45, 7) is 9.29. The van der Waals surface area contributed by atoms with Crippen molar-refractivity contribution in [2.45, 2.75) is 40.2 Å². The third-order valence-electron chi connectivity index (χ3n) is 2.93. The summed E-state index contributed by atoms with van der Waals surface area (Å²) >= 11 is 0. The maximum absolute atomic E-state index is 12.2. The highest BCUT2D eigenvalue weighted by molar-refractivity contribution is 6.62. The van der Waals surface area contributed by atoms with Crippen LogP contribution in [-0.2, 0) is 4.74 Å². The van der Waals surface area contributed by atoms with E-state index in [4.69, 9.17) is 9.47 Å². The number of fused-ring (bicyclic) bond motifs is 1. The van der Waals surface area contributed by atoms with Crippen molar-refractivity contribution in [1.82, 2.24) is 4.57 Å². The molecule has 6 nitrogen and oxygen atoms in total. The average molecular weight is 321 g/mol. The van der Waals surface area contributed by atoms with Gasteiger partial charge in [0.2, 0.25) is 0 Å². The quantitative estimate of drug-likeness (QED) is 0.828. The fourth-order valence-corrected chi connectivity index (χ4v) is 2.11. The van der Waals surface area contributed by atoms with Gasteiger partial charge < -0.3 is 19.5 Å². The summed E-state index contributed by atoms with van der Waals surface area (Å²) < 4.78 is 11.8. The molecule has 0 saturated heterocycles. The van der Waals surface area contributed by atoms with Gasteiger partial charge >= 0.3 is 13.2 Å². The van der Waals surface area contributed by atoms with Crippen LogP contribution in [0.15, 0.2) is 24.4 Å². The standard InChI is InChI=1S/C14H18BNO5.C2H6/c1-14(2,3)21-13(17)16-8-7-9-11(20-4)6-5-10(12(9)16)15(18)19;1-2/h5-8,18-19H,1-4H3;1-2H3. The van der Waals surface area contributed by atoms with E-state index >= 15 is 0 Å². The van der Waals surface area contributed by atoms with Crippen molar-refractivity contribution >= 4 is 29.6 Å². The van der Waals surface area contributed by atoms with E-state index in [2.05, 4.69) is 0 Å². The molecule has 0 aliphatic heterocycles. The van der Waals surface area contributed by atoms with Gasteiger partial charge in [-0.05, 0) is 32.9 Å². The van der Waals surface area contributed by atoms with Crippen molar-refractivity contribution in [2.24, 2.45) is 0 Å². The Morgan fingerprint density at radius 1 is 1.17 bits per heavy atom. The number of nitrogens with zero attached hydrogens (tertiary/aromatic N) is 1. The van der Waals surface area contributed by atoms with Crippen molar-refractivity contribution in [2.75, 3.05) is 7.11 Å². The highest BCUT2D eigenvalue weighted by Crippen LogP contribution is 2.26. The molecule has 2 N–H and O–H groups in total. The molecular weight excluding hydrogens is 297 g/mol. The molecule has 2 aromatic rings. The van der Waals surface area contributed by atoms with Gasteiger partial charge in [0.1, 0.15) is 11.4 Å². The van der Waals surface area contributed by atoms with Crippen molar-refractivity contribution in [1.29, 1.82) is 0 Å². The molecule has 0 unspecified atom stereocenters. The minimum absolute atomic E-state index is 0.210. The molecule has 0 fully saturated rings. The van der Waals surface area contributed by atoms with Crippen LogP contribution in [0.1, 0.15) is 34.6 Å². The van der Waals surface area contributed by atoms with Crippen molar-refractivity contribution in [3.8, 4) is 5.75 Å². The number of carbonyl (C=O) groups is 1. The molecule has 23 heavy (non-hydrogen) atoms. The number of carbonyl (C=O) groups excluding carboxylic acids is 1. The Morgan fingerprint density at radius 3 is 2.26 bits per heavy atom. The number of ether oxygens (including phenoxy) is 2. The summed E-state index contributed by atoms with van der Waals surface area (Å²) in [5.74, 6) is 0.539. The molecule has 2 rings (SSSR count). The molecule has 0 bridgehead atoms. The number of methoxy groups -OCH3 is 1. The summed E-state index contributed by atoms with van der Waals surface area (Å²) in [6.07, 6.45) is 0.931. The second-order valence-corrected chi connectivity index (χ2v) is 5.66. The first-order valence-electron chi connectivity index (χ1n) is 7.52. The van der Waals surface area contributed by atoms with Gasteiger partial charge in [-0.1, -0.05) is 19.9 Å². The minimum atomic E-state index is -1.70. The van der Waals surface area contributed by atoms with E-state index < -0.39 is 18.8 Å². The maximum atomic E-state index is 12.2. The zero-order valence-electron chi connectivity index (χ0n) is 14.5. The minimum Gasteiger partial charge on any atom is -0.496 e. The van der Waals surface area contributed by atoms with Crippen LogP contribution in [-0.4, -0.2) is 40.5 Å². The van der Waals surface area contributed by atoms with Crippen molar-refractivity contribution in [3.63, 3.8) is 0 Å². The Bertz CT molecular complexity index is 673. The molecule has 0 atom stereocenters. The van der Waals surface area contributed by atoms with Crippen LogP contribution in [0.2, 0.25) is 0 Å². The van der Waals surface area contributed by atoms with Gasteiger partial charge in [0.25, 0.3) is 0 Å². The molecule has 1 aromatic carbocycles. The molecule has 0 aliphatic carbocycles. The van der Waals surface area contributed by atoms with Gasteiger partial charge in [0.15, 0.2) is 0 Å². The van der Waals surface area contributed by atoms with Crippen LogP contribution >= 0.6 is 0 Å². The highest BCUT2D eigenvalue weighted by Gasteiger charge is 2.24. The van der Waals surface area contributed by atoms with E-state index in [-0.39, 0.29) is 5.46 Å². The molecule has 0 spiro atoms. The number of rotatable bonds is 2. The van der Waals surface area contributed by atoms with Crippen LogP contribution < -0.4 is 10.2 Å². The Labute approximate surface area is 136 Å². The zero-order valence-corrected chi connectivity index (χ0v) is 14.5. The first-order chi connectivity index (χ1) is 10.7. The molecule has 0 amide bonds. The van der Waals surface area contributed by atoms with E-state index in [1.54, 1.807) is 32.9 Å². The summed E-state index contributed by atoms with van der Waals surface area (Å²) in [4.78, 5) is 12.2. The molecule has 0 aliphatic rings. The first kappa shape index (κ1) is 19.1. The van der Waals surface area contributed by atoms with E-state index in [0.29, 0.717) is 16.7 Å². The second-order valence-electron chi connectivity index (χ2n) is 5.66. The normalized spacial score (nSPS) is 10.8. The molecule has 0 radical (unpaired) electrons. The smallest absolute Gasteiger partial charge is 0.490 e. The largest absolute Gasteiger partial charge is 0.496 e. The van der Waals surface area contributed by atoms with Crippen LogP contribution in [0.4, 0.5) is 4.79 Å². The maximum Gasteiger partial charge on any atom is 0.490 e. The fraction of sp³-hybridized carbons (Fsp3) is 0.438. The SMILES string of the molecule is CC.COc1ccc(B(O)O)c2c1ccn2C(=O)OC(C)(C)C. The molecule has 7 heteroatoms. The van der Waals surface area contributed by atoms with Gasteiger partial charge in [-0.2, -0.15) is 0 Å². The number of hydrogen-bond donors (Lipinski definition) is 2. The molecule has 126 valence electrons. The van der Waals surface area contributed by atoms with E-state index in [1.807, 2.05) is 13.8 Å². The van der Waals surface area contributed by atoms with Gasteiger partial charge in [-0.15, -0.1) is 0 Å². The van der Waals surface area contributed by atoms with E-state index in [1.165, 1.54) is 23.9 Å². The average Bonchev–Trinajstić information content (AvgIpc) is 2.91. The van der Waals surface area contributed by atoms with Gasteiger partial charge in [0, 0.05) is 17.0 Å². The Balaban J connectivity index is 0.00000127. The van der Waals surface area contributed by atoms with Crippen molar-refractivity contribution < 1.29 is 24.3 Å². The summed E-state index contributed by atoms with van der Waals surface area (Å²) in [7, 11) is -0.191. The number of aromatic nitrogens is 1. The van der Waals surface area contributed by atoms with Crippen LogP contribution in [0, 0.1) is 0 Å². The van der Waals surface area contributed by atoms with Crippen LogP contribution in [0.3, 0.4) is 0 Å². The predicted molar refractivity (Wildman–Crippen MR) is 91.3 cm³/mol. The molecular formula is C16H24BNO5. The topological polar surface area (TPSA) is 80.9 Å². The lowest BCUT2D eigenvalue weighted by Crippen LogP contribution is -2.34. The van der Waals surface area contributed by atoms with Gasteiger partial charge in [0.05, 0.1) is 12.6 Å². The molecule has 0 saturated carbocycles. The van der Waals surface area contributed by atoms with Gasteiger partial charge in [-0.3, -0.25) is 4.57 Å². The fourth-order valence-electron chi connectivity index (χ4n) is 2.11. The lowest BCUT2D eigenvalue weighted by atomic mass is 9.79. The summed E-state index contributed by atoms with van der Waals surface area (Å²) in [5.41, 5.74) is -0.0786. The summed E-state index contributed by atoms with van der Waals surface area (Å²) in [5, 5.41) is 19.6. The number of hydrogen-bond acceptors (Lipinski definition) is 5. The van der Waals surface area contributed by atoms with E-state index in [9.17, 15) is 14.8 Å². The monoisotopic (exact) mass is 321 g/mol. The zero-order chi connectivity index (χ0) is 17.8. The Kier molecular flexibility index (Phi) is 6.24. The third kappa shape index (κ3) is 4.27. The lowest BCUT2D eigenvalue weighted by molar-refractivity contribution is 0.0544. The number of benzene rings is 1. The Hall–Kier alpha value is -1.99. The second kappa shape index (κ2) is 7.52. The molecule has 1 aromatic heterocycles. The Morgan fingerprint density at radius 2 is 1.78 bits per heavy atom. The van der Waals surface area contributed by atoms with E-state index in [0.717, 1.165) is 0 Å². The summed E-state index contributed by atoms with van der Waals surface area (Å²) in [6, 6.07) is 4.80. The van der Waals surface area contributed by atoms with Crippen LogP contribution in [0.25, 0.3) is 10.9 Å². The third-order valence-corrected chi connectivity index (χ3v) is 2.93. The highest BCUT2D eigenvalue weighted by atomic mass is 16.6. The predicted octanol–water partition coefficient (Wildman–Crippen LogP) is 2.14. The van der Waals surface area contributed by atoms with Gasteiger partial charge in [-0.25, -0.2) is 4.79 Å². The van der Waals surface area contributed by atoms with Crippen LogP contribution in [0.5, 0.6) is 5.75 Å². The first-order valence-corrected chi connectivity index (χ1v) is 7.52. The lowest BCUT2D eigenvalue weighted by Gasteiger charge is -2.20. The molecule has 1 heterocycles. The van der Waals surface area contributed by atoms with Crippen molar-refractivity contribution in [3.05, 3.63) is 24.4 Å².